The van der Waals surface area contributed by atoms with Gasteiger partial charge in [0.2, 0.25) is 5.91 Å². The van der Waals surface area contributed by atoms with Gasteiger partial charge in [0.25, 0.3) is 0 Å². The van der Waals surface area contributed by atoms with Gasteiger partial charge in [-0.25, -0.2) is 13.2 Å². The Kier molecular flexibility index (Phi) is 3.86. The van der Waals surface area contributed by atoms with E-state index in [0.29, 0.717) is 12.0 Å². The summed E-state index contributed by atoms with van der Waals surface area (Å²) in [7, 11) is 1.86. The largest absolute Gasteiger partial charge is 0.342 e. The van der Waals surface area contributed by atoms with Crippen LogP contribution in [0, 0.1) is 17.5 Å². The van der Waals surface area contributed by atoms with Gasteiger partial charge in [-0.15, -0.1) is 0 Å². The fraction of sp³-hybridized carbons (Fsp3) is 0.381. The van der Waals surface area contributed by atoms with Gasteiger partial charge < -0.3 is 4.90 Å². The summed E-state index contributed by atoms with van der Waals surface area (Å²) in [6, 6.07) is 7.98. The van der Waals surface area contributed by atoms with E-state index in [1.54, 1.807) is 6.07 Å². The van der Waals surface area contributed by atoms with Crippen molar-refractivity contribution in [1.82, 2.24) is 4.90 Å². The first-order valence-corrected chi connectivity index (χ1v) is 8.86. The smallest absolute Gasteiger partial charge is 0.222 e. The van der Waals surface area contributed by atoms with Crippen LogP contribution in [0.15, 0.2) is 30.3 Å². The highest BCUT2D eigenvalue weighted by atomic mass is 19.2. The van der Waals surface area contributed by atoms with Gasteiger partial charge in [0, 0.05) is 30.5 Å². The lowest BCUT2D eigenvalue weighted by molar-refractivity contribution is -0.138. The molecule has 0 saturated carbocycles. The first kappa shape index (κ1) is 17.1. The lowest BCUT2D eigenvalue weighted by Crippen LogP contribution is -2.56. The predicted molar refractivity (Wildman–Crippen MR) is 93.2 cm³/mol. The summed E-state index contributed by atoms with van der Waals surface area (Å²) in [4.78, 5) is 13.9. The monoisotopic (exact) mass is 359 g/mol. The minimum atomic E-state index is -1.44. The van der Waals surface area contributed by atoms with E-state index in [9.17, 15) is 18.0 Å². The van der Waals surface area contributed by atoms with Crippen LogP contribution >= 0.6 is 0 Å². The Morgan fingerprint density at radius 1 is 1.08 bits per heavy atom. The van der Waals surface area contributed by atoms with Crippen LogP contribution in [0.4, 0.5) is 13.2 Å². The molecule has 1 fully saturated rings. The minimum absolute atomic E-state index is 0.0647. The first-order chi connectivity index (χ1) is 12.3. The molecule has 2 aromatic carbocycles. The summed E-state index contributed by atoms with van der Waals surface area (Å²) in [6.45, 7) is 2.18. The third-order valence-corrected chi connectivity index (χ3v) is 6.21. The van der Waals surface area contributed by atoms with E-state index in [4.69, 9.17) is 0 Å². The lowest BCUT2D eigenvalue weighted by Gasteiger charge is -2.50. The van der Waals surface area contributed by atoms with Crippen molar-refractivity contribution >= 4 is 5.91 Å². The summed E-state index contributed by atoms with van der Waals surface area (Å²) in [5, 5.41) is 0. The molecule has 0 N–H and O–H groups in total. The molecular formula is C21H20F3NO. The topological polar surface area (TPSA) is 20.3 Å². The van der Waals surface area contributed by atoms with E-state index < -0.39 is 17.5 Å². The van der Waals surface area contributed by atoms with Crippen LogP contribution in [0.25, 0.3) is 11.1 Å². The number of hydrogen-bond acceptors (Lipinski definition) is 1. The van der Waals surface area contributed by atoms with E-state index >= 15 is 0 Å². The van der Waals surface area contributed by atoms with Crippen LogP contribution in [0.2, 0.25) is 0 Å². The lowest BCUT2D eigenvalue weighted by atomic mass is 9.63. The van der Waals surface area contributed by atoms with Crippen LogP contribution in [-0.4, -0.2) is 23.9 Å². The molecule has 0 radical (unpaired) electrons. The van der Waals surface area contributed by atoms with Gasteiger partial charge in [-0.05, 0) is 48.1 Å². The maximum absolute atomic E-state index is 14.2. The zero-order chi connectivity index (χ0) is 18.6. The molecule has 1 aliphatic heterocycles. The van der Waals surface area contributed by atoms with Crippen molar-refractivity contribution in [3.8, 4) is 11.1 Å². The molecule has 0 spiro atoms. The van der Waals surface area contributed by atoms with Crippen molar-refractivity contribution in [2.45, 2.75) is 44.1 Å². The van der Waals surface area contributed by atoms with E-state index in [1.165, 1.54) is 11.6 Å². The van der Waals surface area contributed by atoms with Crippen LogP contribution in [0.1, 0.15) is 37.3 Å². The van der Waals surface area contributed by atoms with Gasteiger partial charge >= 0.3 is 0 Å². The Labute approximate surface area is 150 Å². The number of nitrogens with zero attached hydrogens (tertiary/aromatic N) is 1. The molecule has 0 aromatic heterocycles. The number of hydrogen-bond donors (Lipinski definition) is 0. The summed E-state index contributed by atoms with van der Waals surface area (Å²) in [5.41, 5.74) is 2.73. The maximum Gasteiger partial charge on any atom is 0.222 e. The van der Waals surface area contributed by atoms with Gasteiger partial charge in [0.15, 0.2) is 17.5 Å². The highest BCUT2D eigenvalue weighted by Crippen LogP contribution is 2.46. The summed E-state index contributed by atoms with van der Waals surface area (Å²) in [5.74, 6) is -3.61. The second-order valence-electron chi connectivity index (χ2n) is 7.57. The van der Waals surface area contributed by atoms with Crippen molar-refractivity contribution in [2.75, 3.05) is 7.05 Å². The second kappa shape index (κ2) is 5.86. The molecule has 2 atom stereocenters. The van der Waals surface area contributed by atoms with Crippen molar-refractivity contribution in [2.24, 2.45) is 0 Å². The van der Waals surface area contributed by atoms with Gasteiger partial charge in [-0.3, -0.25) is 4.79 Å². The van der Waals surface area contributed by atoms with Gasteiger partial charge in [0.05, 0.1) is 0 Å². The second-order valence-corrected chi connectivity index (χ2v) is 7.57. The number of rotatable bonds is 1. The average Bonchev–Trinajstić information content (AvgIpc) is 2.63. The number of halogens is 3. The molecule has 0 unspecified atom stereocenters. The first-order valence-electron chi connectivity index (χ1n) is 8.86. The van der Waals surface area contributed by atoms with E-state index in [2.05, 4.69) is 6.92 Å². The SMILES string of the molecule is CN1C(=O)CC[C@]2(C)c3ccc(-c4ccc(F)c(F)c4F)cc3CC[C@@H]12. The van der Waals surface area contributed by atoms with Crippen molar-refractivity contribution < 1.29 is 18.0 Å². The molecule has 136 valence electrons. The molecule has 1 saturated heterocycles. The third-order valence-electron chi connectivity index (χ3n) is 6.21. The van der Waals surface area contributed by atoms with Crippen LogP contribution < -0.4 is 0 Å². The number of carbonyl (C=O) groups is 1. The zero-order valence-corrected chi connectivity index (χ0v) is 14.8. The number of benzene rings is 2. The molecule has 5 heteroatoms. The highest BCUT2D eigenvalue weighted by Gasteiger charge is 2.46. The Morgan fingerprint density at radius 3 is 2.62 bits per heavy atom. The van der Waals surface area contributed by atoms with E-state index in [0.717, 1.165) is 30.9 Å². The normalized spacial score (nSPS) is 25.0. The van der Waals surface area contributed by atoms with Crippen LogP contribution in [-0.2, 0) is 16.6 Å². The molecular weight excluding hydrogens is 339 g/mol. The van der Waals surface area contributed by atoms with Crippen molar-refractivity contribution in [1.29, 1.82) is 0 Å². The Hall–Kier alpha value is -2.30. The molecule has 1 heterocycles. The van der Waals surface area contributed by atoms with Crippen LogP contribution in [0.3, 0.4) is 0 Å². The molecule has 1 aliphatic carbocycles. The molecule has 26 heavy (non-hydrogen) atoms. The van der Waals surface area contributed by atoms with Gasteiger partial charge in [-0.1, -0.05) is 25.1 Å². The maximum atomic E-state index is 14.2. The molecule has 0 bridgehead atoms. The summed E-state index contributed by atoms with van der Waals surface area (Å²) in [6.07, 6.45) is 2.91. The number of aryl methyl sites for hydroxylation is 1. The van der Waals surface area contributed by atoms with E-state index in [1.807, 2.05) is 24.1 Å². The molecule has 4 rings (SSSR count). The van der Waals surface area contributed by atoms with E-state index in [-0.39, 0.29) is 22.9 Å². The Balaban J connectivity index is 1.78. The average molecular weight is 359 g/mol. The molecule has 2 aromatic rings. The highest BCUT2D eigenvalue weighted by molar-refractivity contribution is 5.78. The Morgan fingerprint density at radius 2 is 1.85 bits per heavy atom. The molecule has 1 amide bonds. The van der Waals surface area contributed by atoms with Crippen molar-refractivity contribution in [3.05, 3.63) is 58.9 Å². The number of carbonyl (C=O) groups excluding carboxylic acids is 1. The number of likely N-dealkylation sites (tertiary alicyclic amines) is 1. The fourth-order valence-electron chi connectivity index (χ4n) is 4.70. The third kappa shape index (κ3) is 2.37. The minimum Gasteiger partial charge on any atom is -0.342 e. The summed E-state index contributed by atoms with van der Waals surface area (Å²) < 4.78 is 41.0. The van der Waals surface area contributed by atoms with Crippen LogP contribution in [0.5, 0.6) is 0 Å². The molecule has 2 aliphatic rings. The Bertz CT molecular complexity index is 910. The predicted octanol–water partition coefficient (Wildman–Crippen LogP) is 4.60. The standard InChI is InChI=1S/C21H20F3NO/c1-21-10-9-18(26)25(2)17(21)8-4-13-11-12(3-6-15(13)21)14-5-7-16(22)20(24)19(14)23/h3,5-7,11,17H,4,8-10H2,1-2H3/t17-,21-/m1/s1. The van der Waals surface area contributed by atoms with Gasteiger partial charge in [0.1, 0.15) is 0 Å². The number of likely N-dealkylation sites (N-methyl/N-ethyl adjacent to an activating group) is 1. The zero-order valence-electron chi connectivity index (χ0n) is 14.8. The van der Waals surface area contributed by atoms with Crippen molar-refractivity contribution in [3.63, 3.8) is 0 Å². The fourth-order valence-corrected chi connectivity index (χ4v) is 4.70. The summed E-state index contributed by atoms with van der Waals surface area (Å²) >= 11 is 0. The number of piperidine rings is 1. The number of fused-ring (bicyclic) bond motifs is 3. The number of amides is 1. The van der Waals surface area contributed by atoms with Gasteiger partial charge in [-0.2, -0.15) is 0 Å². The molecule has 2 nitrogen and oxygen atoms in total. The quantitative estimate of drug-likeness (QED) is 0.682.